The highest BCUT2D eigenvalue weighted by Crippen LogP contribution is 2.34. The second kappa shape index (κ2) is 9.66. The molecule has 2 aromatic carbocycles. The van der Waals surface area contributed by atoms with Crippen LogP contribution >= 0.6 is 0 Å². The molecule has 0 radical (unpaired) electrons. The minimum atomic E-state index is -0.246. The Balaban J connectivity index is 2.09. The molecule has 0 heterocycles. The van der Waals surface area contributed by atoms with Crippen molar-refractivity contribution in [1.82, 2.24) is 10.2 Å². The minimum Gasteiger partial charge on any atom is -0.496 e. The Morgan fingerprint density at radius 2 is 1.59 bits per heavy atom. The highest BCUT2D eigenvalue weighted by molar-refractivity contribution is 5.79. The Kier molecular flexibility index (Phi) is 7.28. The predicted octanol–water partition coefficient (Wildman–Crippen LogP) is 3.06. The number of nitrogens with zero attached hydrogens (tertiary/aromatic N) is 2. The van der Waals surface area contributed by atoms with Crippen LogP contribution in [-0.2, 0) is 13.1 Å². The second-order valence-electron chi connectivity index (χ2n) is 5.90. The summed E-state index contributed by atoms with van der Waals surface area (Å²) in [6.07, 6.45) is 0. The first-order valence-electron chi connectivity index (χ1n) is 8.47. The molecule has 7 heteroatoms. The van der Waals surface area contributed by atoms with Gasteiger partial charge in [-0.1, -0.05) is 12.1 Å². The lowest BCUT2D eigenvalue weighted by atomic mass is 10.1. The molecule has 0 saturated heterocycles. The topological polar surface area (TPSA) is 55.3 Å². The van der Waals surface area contributed by atoms with Gasteiger partial charge in [0.05, 0.1) is 21.3 Å². The monoisotopic (exact) mass is 375 g/mol. The van der Waals surface area contributed by atoms with E-state index < -0.39 is 0 Å². The summed E-state index contributed by atoms with van der Waals surface area (Å²) in [5, 5.41) is 3.31. The fraction of sp³-hybridized carbons (Fsp3) is 0.350. The highest BCUT2D eigenvalue weighted by atomic mass is 19.1. The summed E-state index contributed by atoms with van der Waals surface area (Å²) in [4.78, 5) is 6.27. The lowest BCUT2D eigenvalue weighted by molar-refractivity contribution is 0.347. The highest BCUT2D eigenvalue weighted by Gasteiger charge is 2.13. The molecule has 2 rings (SSSR count). The third kappa shape index (κ3) is 5.26. The van der Waals surface area contributed by atoms with E-state index in [0.717, 1.165) is 11.1 Å². The summed E-state index contributed by atoms with van der Waals surface area (Å²) < 4.78 is 29.2. The molecular weight excluding hydrogens is 349 g/mol. The molecule has 0 spiro atoms. The minimum absolute atomic E-state index is 0.246. The number of aliphatic imine (C=N–C) groups is 1. The number of methoxy groups -OCH3 is 3. The van der Waals surface area contributed by atoms with Crippen molar-refractivity contribution in [2.75, 3.05) is 35.4 Å². The molecule has 6 nitrogen and oxygen atoms in total. The van der Waals surface area contributed by atoms with Crippen LogP contribution in [0.25, 0.3) is 0 Å². The van der Waals surface area contributed by atoms with E-state index in [1.807, 2.05) is 18.0 Å². The summed E-state index contributed by atoms with van der Waals surface area (Å²) in [5.41, 5.74) is 1.90. The molecule has 2 aromatic rings. The largest absolute Gasteiger partial charge is 0.496 e. The van der Waals surface area contributed by atoms with Crippen LogP contribution in [-0.4, -0.2) is 46.3 Å². The zero-order valence-corrected chi connectivity index (χ0v) is 16.4. The van der Waals surface area contributed by atoms with Crippen LogP contribution < -0.4 is 19.5 Å². The van der Waals surface area contributed by atoms with Crippen LogP contribution in [0.2, 0.25) is 0 Å². The number of nitrogens with one attached hydrogen (secondary N) is 1. The van der Waals surface area contributed by atoms with E-state index in [1.165, 1.54) is 12.1 Å². The number of benzene rings is 2. The van der Waals surface area contributed by atoms with Crippen LogP contribution in [0.3, 0.4) is 0 Å². The summed E-state index contributed by atoms with van der Waals surface area (Å²) in [7, 11) is 8.43. The van der Waals surface area contributed by atoms with Crippen molar-refractivity contribution < 1.29 is 18.6 Å². The average molecular weight is 375 g/mol. The van der Waals surface area contributed by atoms with Gasteiger partial charge in [0, 0.05) is 38.8 Å². The molecule has 27 heavy (non-hydrogen) atoms. The summed E-state index contributed by atoms with van der Waals surface area (Å²) >= 11 is 0. The third-order valence-electron chi connectivity index (χ3n) is 4.13. The molecule has 0 aliphatic carbocycles. The number of hydrogen-bond donors (Lipinski definition) is 1. The zero-order chi connectivity index (χ0) is 19.8. The first-order chi connectivity index (χ1) is 13.0. The van der Waals surface area contributed by atoms with Crippen LogP contribution in [0.1, 0.15) is 11.1 Å². The van der Waals surface area contributed by atoms with Crippen molar-refractivity contribution in [3.05, 3.63) is 53.3 Å². The van der Waals surface area contributed by atoms with Crippen molar-refractivity contribution in [3.8, 4) is 17.2 Å². The fourth-order valence-corrected chi connectivity index (χ4v) is 2.73. The van der Waals surface area contributed by atoms with E-state index in [4.69, 9.17) is 14.2 Å². The molecule has 146 valence electrons. The Bertz CT molecular complexity index is 779. The molecule has 0 aliphatic rings. The fourth-order valence-electron chi connectivity index (χ4n) is 2.73. The summed E-state index contributed by atoms with van der Waals surface area (Å²) in [6, 6.07) is 10.1. The molecule has 0 aliphatic heterocycles. The van der Waals surface area contributed by atoms with Crippen molar-refractivity contribution in [2.24, 2.45) is 4.99 Å². The van der Waals surface area contributed by atoms with E-state index in [-0.39, 0.29) is 5.82 Å². The van der Waals surface area contributed by atoms with Gasteiger partial charge in [-0.2, -0.15) is 0 Å². The number of rotatable bonds is 7. The van der Waals surface area contributed by atoms with Gasteiger partial charge in [0.2, 0.25) is 0 Å². The van der Waals surface area contributed by atoms with E-state index in [1.54, 1.807) is 46.6 Å². The standard InChI is InChI=1S/C20H26FN3O3/c1-22-20(24(2)13-14-6-8-16(21)9-7-14)23-12-15-10-18(26-4)19(27-5)11-17(15)25-3/h6-11H,12-13H2,1-5H3,(H,22,23). The second-order valence-corrected chi connectivity index (χ2v) is 5.90. The summed E-state index contributed by atoms with van der Waals surface area (Å²) in [6.45, 7) is 1.09. The third-order valence-corrected chi connectivity index (χ3v) is 4.13. The van der Waals surface area contributed by atoms with E-state index >= 15 is 0 Å². The Morgan fingerprint density at radius 1 is 1.00 bits per heavy atom. The number of guanidine groups is 1. The maximum Gasteiger partial charge on any atom is 0.193 e. The quantitative estimate of drug-likeness (QED) is 0.595. The van der Waals surface area contributed by atoms with Crippen molar-refractivity contribution in [2.45, 2.75) is 13.1 Å². The number of ether oxygens (including phenoxy) is 3. The maximum absolute atomic E-state index is 13.1. The van der Waals surface area contributed by atoms with Gasteiger partial charge in [-0.25, -0.2) is 4.39 Å². The molecular formula is C20H26FN3O3. The molecule has 1 N–H and O–H groups in total. The Labute approximate surface area is 159 Å². The van der Waals surface area contributed by atoms with Crippen molar-refractivity contribution in [3.63, 3.8) is 0 Å². The molecule has 0 bridgehead atoms. The Hall–Kier alpha value is -2.96. The lowest BCUT2D eigenvalue weighted by Gasteiger charge is -2.23. The van der Waals surface area contributed by atoms with Crippen molar-refractivity contribution >= 4 is 5.96 Å². The van der Waals surface area contributed by atoms with E-state index in [0.29, 0.717) is 36.3 Å². The van der Waals surface area contributed by atoms with Crippen molar-refractivity contribution in [1.29, 1.82) is 0 Å². The van der Waals surface area contributed by atoms with Crippen LogP contribution in [0.4, 0.5) is 4.39 Å². The molecule has 0 unspecified atom stereocenters. The van der Waals surface area contributed by atoms with Gasteiger partial charge >= 0.3 is 0 Å². The summed E-state index contributed by atoms with van der Waals surface area (Å²) in [5.74, 6) is 2.39. The van der Waals surface area contributed by atoms with Crippen LogP contribution in [0.5, 0.6) is 17.2 Å². The number of halogens is 1. The molecule has 0 fully saturated rings. The smallest absolute Gasteiger partial charge is 0.193 e. The SMILES string of the molecule is CN=C(NCc1cc(OC)c(OC)cc1OC)N(C)Cc1ccc(F)cc1. The average Bonchev–Trinajstić information content (AvgIpc) is 2.69. The van der Waals surface area contributed by atoms with Gasteiger partial charge in [0.15, 0.2) is 17.5 Å². The number of hydrogen-bond acceptors (Lipinski definition) is 4. The molecule has 0 amide bonds. The van der Waals surface area contributed by atoms with Gasteiger partial charge in [-0.3, -0.25) is 4.99 Å². The van der Waals surface area contributed by atoms with Gasteiger partial charge < -0.3 is 24.4 Å². The van der Waals surface area contributed by atoms with Gasteiger partial charge in [0.1, 0.15) is 11.6 Å². The van der Waals surface area contributed by atoms with Gasteiger partial charge in [-0.15, -0.1) is 0 Å². The lowest BCUT2D eigenvalue weighted by Crippen LogP contribution is -2.38. The molecule has 0 atom stereocenters. The first kappa shape index (κ1) is 20.4. The van der Waals surface area contributed by atoms with Crippen LogP contribution in [0, 0.1) is 5.82 Å². The van der Waals surface area contributed by atoms with E-state index in [2.05, 4.69) is 10.3 Å². The molecule has 0 saturated carbocycles. The van der Waals surface area contributed by atoms with Crippen LogP contribution in [0.15, 0.2) is 41.4 Å². The zero-order valence-electron chi connectivity index (χ0n) is 16.4. The predicted molar refractivity (Wildman–Crippen MR) is 104 cm³/mol. The first-order valence-corrected chi connectivity index (χ1v) is 8.47. The van der Waals surface area contributed by atoms with Gasteiger partial charge in [-0.05, 0) is 23.8 Å². The maximum atomic E-state index is 13.1. The molecule has 0 aromatic heterocycles. The normalized spacial score (nSPS) is 11.1. The Morgan fingerprint density at radius 3 is 2.15 bits per heavy atom. The van der Waals surface area contributed by atoms with E-state index in [9.17, 15) is 4.39 Å². The van der Waals surface area contributed by atoms with Gasteiger partial charge in [0.25, 0.3) is 0 Å².